The van der Waals surface area contributed by atoms with Crippen LogP contribution in [-0.2, 0) is 12.8 Å². The van der Waals surface area contributed by atoms with Crippen LogP contribution in [0.4, 0.5) is 4.39 Å². The topological polar surface area (TPSA) is 9.23 Å². The van der Waals surface area contributed by atoms with Crippen LogP contribution in [0.15, 0.2) is 42.5 Å². The molecule has 2 aromatic rings. The lowest BCUT2D eigenvalue weighted by Crippen LogP contribution is -2.11. The predicted molar refractivity (Wildman–Crippen MR) is 88.8 cm³/mol. The van der Waals surface area contributed by atoms with Crippen LogP contribution in [0, 0.1) is 18.7 Å². The molecule has 1 atom stereocenters. The molecule has 0 fully saturated rings. The molecule has 21 heavy (non-hydrogen) atoms. The lowest BCUT2D eigenvalue weighted by Gasteiger charge is -2.17. The molecule has 0 aliphatic carbocycles. The molecule has 0 spiro atoms. The SMILES string of the molecule is COc1ccc(C)cc1CC(CBr)Cc1cccc(F)c1. The Balaban J connectivity index is 2.14. The van der Waals surface area contributed by atoms with Gasteiger partial charge in [-0.3, -0.25) is 0 Å². The lowest BCUT2D eigenvalue weighted by atomic mass is 9.93. The molecular weight excluding hydrogens is 331 g/mol. The number of alkyl halides is 1. The fourth-order valence-electron chi connectivity index (χ4n) is 2.56. The molecule has 0 bridgehead atoms. The van der Waals surface area contributed by atoms with Crippen LogP contribution < -0.4 is 4.74 Å². The number of benzene rings is 2. The maximum atomic E-state index is 13.3. The minimum absolute atomic E-state index is 0.172. The number of halogens is 2. The first-order chi connectivity index (χ1) is 10.1. The second-order valence-corrected chi connectivity index (χ2v) is 6.02. The third kappa shape index (κ3) is 4.57. The van der Waals surface area contributed by atoms with Gasteiger partial charge in [-0.2, -0.15) is 0 Å². The molecule has 0 heterocycles. The minimum atomic E-state index is -0.172. The zero-order valence-electron chi connectivity index (χ0n) is 12.4. The highest BCUT2D eigenvalue weighted by Crippen LogP contribution is 2.25. The number of rotatable bonds is 6. The van der Waals surface area contributed by atoms with Crippen molar-refractivity contribution >= 4 is 15.9 Å². The molecule has 0 radical (unpaired) electrons. The van der Waals surface area contributed by atoms with Crippen molar-refractivity contribution in [2.75, 3.05) is 12.4 Å². The van der Waals surface area contributed by atoms with Crippen LogP contribution in [0.3, 0.4) is 0 Å². The number of methoxy groups -OCH3 is 1. The Morgan fingerprint density at radius 2 is 1.95 bits per heavy atom. The van der Waals surface area contributed by atoms with Gasteiger partial charge < -0.3 is 4.74 Å². The average molecular weight is 351 g/mol. The lowest BCUT2D eigenvalue weighted by molar-refractivity contribution is 0.405. The molecule has 0 saturated carbocycles. The minimum Gasteiger partial charge on any atom is -0.496 e. The first-order valence-electron chi connectivity index (χ1n) is 7.06. The summed E-state index contributed by atoms with van der Waals surface area (Å²) in [6, 6.07) is 13.1. The fraction of sp³-hybridized carbons (Fsp3) is 0.333. The van der Waals surface area contributed by atoms with Gasteiger partial charge in [-0.1, -0.05) is 45.8 Å². The van der Waals surface area contributed by atoms with Crippen LogP contribution in [0.2, 0.25) is 0 Å². The number of ether oxygens (including phenoxy) is 1. The molecule has 0 aliphatic heterocycles. The van der Waals surface area contributed by atoms with Gasteiger partial charge in [0, 0.05) is 5.33 Å². The Morgan fingerprint density at radius 1 is 1.14 bits per heavy atom. The predicted octanol–water partition coefficient (Wildman–Crippen LogP) is 4.94. The first kappa shape index (κ1) is 16.0. The van der Waals surface area contributed by atoms with E-state index in [4.69, 9.17) is 4.74 Å². The van der Waals surface area contributed by atoms with E-state index < -0.39 is 0 Å². The summed E-state index contributed by atoms with van der Waals surface area (Å²) in [4.78, 5) is 0. The van der Waals surface area contributed by atoms with Crippen LogP contribution in [0.25, 0.3) is 0 Å². The van der Waals surface area contributed by atoms with E-state index in [-0.39, 0.29) is 5.82 Å². The van der Waals surface area contributed by atoms with Crippen LogP contribution in [0.1, 0.15) is 16.7 Å². The van der Waals surface area contributed by atoms with E-state index in [1.54, 1.807) is 19.2 Å². The Kier molecular flexibility index (Phi) is 5.80. The molecule has 0 aliphatic rings. The molecule has 0 saturated heterocycles. The summed E-state index contributed by atoms with van der Waals surface area (Å²) < 4.78 is 18.7. The molecule has 0 amide bonds. The van der Waals surface area contributed by atoms with Gasteiger partial charge in [0.25, 0.3) is 0 Å². The average Bonchev–Trinajstić information content (AvgIpc) is 2.47. The Labute approximate surface area is 134 Å². The van der Waals surface area contributed by atoms with E-state index in [0.29, 0.717) is 5.92 Å². The number of aryl methyl sites for hydroxylation is 1. The molecule has 0 aromatic heterocycles. The van der Waals surface area contributed by atoms with Crippen LogP contribution in [-0.4, -0.2) is 12.4 Å². The Hall–Kier alpha value is -1.35. The van der Waals surface area contributed by atoms with Gasteiger partial charge in [0.15, 0.2) is 0 Å². The smallest absolute Gasteiger partial charge is 0.123 e. The van der Waals surface area contributed by atoms with E-state index in [2.05, 4.69) is 35.0 Å². The summed E-state index contributed by atoms with van der Waals surface area (Å²) in [7, 11) is 1.70. The molecular formula is C18H20BrFO. The highest BCUT2D eigenvalue weighted by atomic mass is 79.9. The van der Waals surface area contributed by atoms with E-state index in [9.17, 15) is 4.39 Å². The largest absolute Gasteiger partial charge is 0.496 e. The molecule has 112 valence electrons. The maximum Gasteiger partial charge on any atom is 0.123 e. The van der Waals surface area contributed by atoms with Crippen molar-refractivity contribution in [2.24, 2.45) is 5.92 Å². The summed E-state index contributed by atoms with van der Waals surface area (Å²) in [6.07, 6.45) is 1.76. The van der Waals surface area contributed by atoms with Crippen molar-refractivity contribution in [1.29, 1.82) is 0 Å². The monoisotopic (exact) mass is 350 g/mol. The normalized spacial score (nSPS) is 12.2. The molecule has 1 unspecified atom stereocenters. The van der Waals surface area contributed by atoms with E-state index >= 15 is 0 Å². The second-order valence-electron chi connectivity index (χ2n) is 5.37. The maximum absolute atomic E-state index is 13.3. The highest BCUT2D eigenvalue weighted by molar-refractivity contribution is 9.09. The van der Waals surface area contributed by atoms with Crippen molar-refractivity contribution in [3.05, 3.63) is 65.0 Å². The highest BCUT2D eigenvalue weighted by Gasteiger charge is 2.13. The van der Waals surface area contributed by atoms with Gasteiger partial charge in [-0.05, 0) is 55.0 Å². The quantitative estimate of drug-likeness (QED) is 0.670. The van der Waals surface area contributed by atoms with Crippen molar-refractivity contribution < 1.29 is 9.13 Å². The van der Waals surface area contributed by atoms with Crippen molar-refractivity contribution in [3.63, 3.8) is 0 Å². The van der Waals surface area contributed by atoms with Crippen molar-refractivity contribution in [1.82, 2.24) is 0 Å². The van der Waals surface area contributed by atoms with Gasteiger partial charge in [0.05, 0.1) is 7.11 Å². The summed E-state index contributed by atoms with van der Waals surface area (Å²) >= 11 is 3.58. The first-order valence-corrected chi connectivity index (χ1v) is 8.18. The number of hydrogen-bond acceptors (Lipinski definition) is 1. The van der Waals surface area contributed by atoms with E-state index in [1.165, 1.54) is 17.2 Å². The molecule has 3 heteroatoms. The van der Waals surface area contributed by atoms with Crippen molar-refractivity contribution in [3.8, 4) is 5.75 Å². The van der Waals surface area contributed by atoms with E-state index in [0.717, 1.165) is 29.5 Å². The van der Waals surface area contributed by atoms with Crippen LogP contribution in [0.5, 0.6) is 5.75 Å². The Bertz CT molecular complexity index is 598. The molecule has 2 aromatic carbocycles. The van der Waals surface area contributed by atoms with Gasteiger partial charge in [-0.25, -0.2) is 4.39 Å². The summed E-state index contributed by atoms with van der Waals surface area (Å²) in [5.74, 6) is 1.15. The van der Waals surface area contributed by atoms with Crippen LogP contribution >= 0.6 is 15.9 Å². The third-order valence-electron chi connectivity index (χ3n) is 3.58. The van der Waals surface area contributed by atoms with Gasteiger partial charge >= 0.3 is 0 Å². The van der Waals surface area contributed by atoms with Crippen molar-refractivity contribution in [2.45, 2.75) is 19.8 Å². The molecule has 0 N–H and O–H groups in total. The summed E-state index contributed by atoms with van der Waals surface area (Å²) in [5.41, 5.74) is 3.47. The summed E-state index contributed by atoms with van der Waals surface area (Å²) in [6.45, 7) is 2.08. The number of hydrogen-bond donors (Lipinski definition) is 0. The third-order valence-corrected chi connectivity index (χ3v) is 4.49. The van der Waals surface area contributed by atoms with Gasteiger partial charge in [-0.15, -0.1) is 0 Å². The molecule has 1 nitrogen and oxygen atoms in total. The van der Waals surface area contributed by atoms with E-state index in [1.807, 2.05) is 12.1 Å². The fourth-order valence-corrected chi connectivity index (χ4v) is 3.01. The zero-order chi connectivity index (χ0) is 15.2. The van der Waals surface area contributed by atoms with Gasteiger partial charge in [0.1, 0.15) is 11.6 Å². The summed E-state index contributed by atoms with van der Waals surface area (Å²) in [5, 5.41) is 0.876. The molecule has 2 rings (SSSR count). The second kappa shape index (κ2) is 7.60. The standard InChI is InChI=1S/C18H20BrFO/c1-13-6-7-18(21-2)16(8-13)10-15(12-19)9-14-4-3-5-17(20)11-14/h3-8,11,15H,9-10,12H2,1-2H3. The Morgan fingerprint density at radius 3 is 2.62 bits per heavy atom. The zero-order valence-corrected chi connectivity index (χ0v) is 14.0. The van der Waals surface area contributed by atoms with Gasteiger partial charge in [0.2, 0.25) is 0 Å².